The van der Waals surface area contributed by atoms with Gasteiger partial charge in [0.05, 0.1) is 7.11 Å². The molecule has 162 valence electrons. The standard InChI is InChI=1S/C21H23F3N2O4/c1-28-18-4-2-3-5-19(18)29-15-20(27)26-12-10-25(11-13-26)14-16-6-8-17(9-7-16)30-21(22,23)24/h2-9H,10-15H2,1H3. The van der Waals surface area contributed by atoms with Gasteiger partial charge in [0.1, 0.15) is 5.75 Å². The number of rotatable bonds is 7. The first-order valence-corrected chi connectivity index (χ1v) is 9.45. The number of methoxy groups -OCH3 is 1. The number of hydrogen-bond donors (Lipinski definition) is 0. The summed E-state index contributed by atoms with van der Waals surface area (Å²) in [5.41, 5.74) is 0.879. The molecule has 1 saturated heterocycles. The Morgan fingerprint density at radius 2 is 1.60 bits per heavy atom. The van der Waals surface area contributed by atoms with Gasteiger partial charge in [0.15, 0.2) is 18.1 Å². The predicted octanol–water partition coefficient (Wildman–Crippen LogP) is 3.32. The molecule has 1 fully saturated rings. The molecule has 1 aliphatic heterocycles. The molecular weight excluding hydrogens is 401 g/mol. The fraction of sp³-hybridized carbons (Fsp3) is 0.381. The van der Waals surface area contributed by atoms with E-state index in [1.54, 1.807) is 36.3 Å². The number of carbonyl (C=O) groups is 1. The number of benzene rings is 2. The number of ether oxygens (including phenoxy) is 3. The van der Waals surface area contributed by atoms with Crippen molar-refractivity contribution in [2.45, 2.75) is 12.9 Å². The molecule has 1 aliphatic rings. The minimum Gasteiger partial charge on any atom is -0.493 e. The van der Waals surface area contributed by atoms with Crippen LogP contribution in [-0.4, -0.2) is 62.0 Å². The molecule has 2 aromatic rings. The van der Waals surface area contributed by atoms with Crippen molar-refractivity contribution in [3.05, 3.63) is 54.1 Å². The highest BCUT2D eigenvalue weighted by atomic mass is 19.4. The Bertz CT molecular complexity index is 835. The van der Waals surface area contributed by atoms with Crippen LogP contribution in [0.2, 0.25) is 0 Å². The van der Waals surface area contributed by atoms with E-state index in [0.717, 1.165) is 5.56 Å². The van der Waals surface area contributed by atoms with E-state index in [1.165, 1.54) is 12.1 Å². The molecule has 0 N–H and O–H groups in total. The second-order valence-corrected chi connectivity index (χ2v) is 6.79. The summed E-state index contributed by atoms with van der Waals surface area (Å²) in [6.45, 7) is 2.97. The summed E-state index contributed by atoms with van der Waals surface area (Å²) in [5.74, 6) is 0.748. The lowest BCUT2D eigenvalue weighted by Crippen LogP contribution is -2.49. The molecule has 9 heteroatoms. The summed E-state index contributed by atoms with van der Waals surface area (Å²) in [6.07, 6.45) is -4.69. The number of amides is 1. The van der Waals surface area contributed by atoms with E-state index in [-0.39, 0.29) is 18.3 Å². The molecule has 6 nitrogen and oxygen atoms in total. The maximum atomic E-state index is 12.4. The normalized spacial score (nSPS) is 15.0. The summed E-state index contributed by atoms with van der Waals surface area (Å²) in [7, 11) is 1.54. The van der Waals surface area contributed by atoms with Crippen LogP contribution in [0.15, 0.2) is 48.5 Å². The maximum Gasteiger partial charge on any atom is 0.573 e. The van der Waals surface area contributed by atoms with Gasteiger partial charge in [-0.3, -0.25) is 9.69 Å². The Hall–Kier alpha value is -2.94. The van der Waals surface area contributed by atoms with Gasteiger partial charge in [-0.2, -0.15) is 0 Å². The Labute approximate surface area is 172 Å². The fourth-order valence-electron chi connectivity index (χ4n) is 3.18. The van der Waals surface area contributed by atoms with E-state index >= 15 is 0 Å². The first-order chi connectivity index (χ1) is 14.3. The van der Waals surface area contributed by atoms with E-state index in [2.05, 4.69) is 9.64 Å². The molecule has 0 aliphatic carbocycles. The summed E-state index contributed by atoms with van der Waals surface area (Å²) in [5, 5.41) is 0. The van der Waals surface area contributed by atoms with Crippen molar-refractivity contribution in [3.8, 4) is 17.2 Å². The lowest BCUT2D eigenvalue weighted by atomic mass is 10.2. The average molecular weight is 424 g/mol. The Morgan fingerprint density at radius 3 is 2.20 bits per heavy atom. The predicted molar refractivity (Wildman–Crippen MR) is 103 cm³/mol. The van der Waals surface area contributed by atoms with Crippen LogP contribution < -0.4 is 14.2 Å². The van der Waals surface area contributed by atoms with Gasteiger partial charge in [-0.25, -0.2) is 0 Å². The molecule has 0 spiro atoms. The van der Waals surface area contributed by atoms with Gasteiger partial charge in [0, 0.05) is 32.7 Å². The zero-order valence-corrected chi connectivity index (χ0v) is 16.5. The SMILES string of the molecule is COc1ccccc1OCC(=O)N1CCN(Cc2ccc(OC(F)(F)F)cc2)CC1. The second kappa shape index (κ2) is 9.71. The number of alkyl halides is 3. The molecule has 0 bridgehead atoms. The number of piperazine rings is 1. The van der Waals surface area contributed by atoms with Gasteiger partial charge < -0.3 is 19.1 Å². The summed E-state index contributed by atoms with van der Waals surface area (Å²) < 4.78 is 51.4. The molecule has 0 atom stereocenters. The molecule has 3 rings (SSSR count). The Balaban J connectivity index is 1.43. The minimum absolute atomic E-state index is 0.0684. The average Bonchev–Trinajstić information content (AvgIpc) is 2.73. The van der Waals surface area contributed by atoms with Crippen LogP contribution in [0.1, 0.15) is 5.56 Å². The highest BCUT2D eigenvalue weighted by Gasteiger charge is 2.31. The third-order valence-electron chi connectivity index (χ3n) is 4.71. The topological polar surface area (TPSA) is 51.2 Å². The molecule has 0 radical (unpaired) electrons. The highest BCUT2D eigenvalue weighted by molar-refractivity contribution is 5.78. The zero-order valence-electron chi connectivity index (χ0n) is 16.5. The second-order valence-electron chi connectivity index (χ2n) is 6.79. The number of halogens is 3. The monoisotopic (exact) mass is 424 g/mol. The third-order valence-corrected chi connectivity index (χ3v) is 4.71. The quantitative estimate of drug-likeness (QED) is 0.683. The number of nitrogens with zero attached hydrogens (tertiary/aromatic N) is 2. The highest BCUT2D eigenvalue weighted by Crippen LogP contribution is 2.26. The van der Waals surface area contributed by atoms with Crippen LogP contribution >= 0.6 is 0 Å². The number of carbonyl (C=O) groups excluding carboxylic acids is 1. The van der Waals surface area contributed by atoms with Crippen molar-refractivity contribution in [2.75, 3.05) is 39.9 Å². The molecule has 0 unspecified atom stereocenters. The summed E-state index contributed by atoms with van der Waals surface area (Å²) in [6, 6.07) is 13.0. The van der Waals surface area contributed by atoms with Crippen molar-refractivity contribution in [1.29, 1.82) is 0 Å². The van der Waals surface area contributed by atoms with Crippen LogP contribution in [0.4, 0.5) is 13.2 Å². The van der Waals surface area contributed by atoms with Gasteiger partial charge in [0.25, 0.3) is 5.91 Å². The van der Waals surface area contributed by atoms with E-state index in [0.29, 0.717) is 44.2 Å². The van der Waals surface area contributed by atoms with Gasteiger partial charge in [0.2, 0.25) is 0 Å². The minimum atomic E-state index is -4.69. The van der Waals surface area contributed by atoms with Crippen molar-refractivity contribution in [2.24, 2.45) is 0 Å². The van der Waals surface area contributed by atoms with E-state index in [1.807, 2.05) is 12.1 Å². The fourth-order valence-corrected chi connectivity index (χ4v) is 3.18. The Morgan fingerprint density at radius 1 is 0.967 bits per heavy atom. The summed E-state index contributed by atoms with van der Waals surface area (Å²) >= 11 is 0. The number of hydrogen-bond acceptors (Lipinski definition) is 5. The van der Waals surface area contributed by atoms with E-state index in [9.17, 15) is 18.0 Å². The first-order valence-electron chi connectivity index (χ1n) is 9.45. The Kier molecular flexibility index (Phi) is 7.04. The lowest BCUT2D eigenvalue weighted by Gasteiger charge is -2.34. The van der Waals surface area contributed by atoms with Crippen molar-refractivity contribution in [3.63, 3.8) is 0 Å². The first kappa shape index (κ1) is 21.8. The third kappa shape index (κ3) is 6.28. The van der Waals surface area contributed by atoms with Gasteiger partial charge >= 0.3 is 6.36 Å². The summed E-state index contributed by atoms with van der Waals surface area (Å²) in [4.78, 5) is 16.3. The molecule has 2 aromatic carbocycles. The number of para-hydroxylation sites is 2. The van der Waals surface area contributed by atoms with E-state index in [4.69, 9.17) is 9.47 Å². The van der Waals surface area contributed by atoms with Crippen LogP contribution in [0.5, 0.6) is 17.2 Å². The van der Waals surface area contributed by atoms with Crippen LogP contribution in [0, 0.1) is 0 Å². The van der Waals surface area contributed by atoms with Crippen molar-refractivity contribution in [1.82, 2.24) is 9.80 Å². The lowest BCUT2D eigenvalue weighted by molar-refractivity contribution is -0.274. The molecule has 30 heavy (non-hydrogen) atoms. The van der Waals surface area contributed by atoms with Gasteiger partial charge in [-0.15, -0.1) is 13.2 Å². The largest absolute Gasteiger partial charge is 0.573 e. The van der Waals surface area contributed by atoms with Crippen LogP contribution in [0.3, 0.4) is 0 Å². The van der Waals surface area contributed by atoms with E-state index < -0.39 is 6.36 Å². The smallest absolute Gasteiger partial charge is 0.493 e. The van der Waals surface area contributed by atoms with Crippen molar-refractivity contribution < 1.29 is 32.2 Å². The van der Waals surface area contributed by atoms with Crippen LogP contribution in [0.25, 0.3) is 0 Å². The van der Waals surface area contributed by atoms with Crippen LogP contribution in [-0.2, 0) is 11.3 Å². The van der Waals surface area contributed by atoms with Gasteiger partial charge in [-0.05, 0) is 29.8 Å². The molecule has 0 aromatic heterocycles. The molecule has 1 amide bonds. The van der Waals surface area contributed by atoms with Crippen molar-refractivity contribution >= 4 is 5.91 Å². The molecule has 0 saturated carbocycles. The van der Waals surface area contributed by atoms with Gasteiger partial charge in [-0.1, -0.05) is 24.3 Å². The maximum absolute atomic E-state index is 12.4. The molecular formula is C21H23F3N2O4. The zero-order chi connectivity index (χ0) is 21.6. The molecule has 1 heterocycles.